The van der Waals surface area contributed by atoms with Crippen LogP contribution in [-0.2, 0) is 21.4 Å². The van der Waals surface area contributed by atoms with Crippen LogP contribution in [0.5, 0.6) is 0 Å². The van der Waals surface area contributed by atoms with Crippen molar-refractivity contribution < 1.29 is 13.2 Å². The molecule has 0 bridgehead atoms. The molecule has 1 aromatic carbocycles. The number of sulfonamides is 1. The molecule has 1 aromatic heterocycles. The topological polar surface area (TPSA) is 82.9 Å². The molecule has 1 atom stereocenters. The molecule has 0 saturated carbocycles. The van der Waals surface area contributed by atoms with Gasteiger partial charge in [0, 0.05) is 57.6 Å². The van der Waals surface area contributed by atoms with E-state index in [1.54, 1.807) is 18.7 Å². The van der Waals surface area contributed by atoms with Gasteiger partial charge in [0.15, 0.2) is 0 Å². The molecule has 1 saturated heterocycles. The number of carbonyl (C=O) groups is 1. The number of rotatable bonds is 8. The largest absolute Gasteiger partial charge is 0.339 e. The van der Waals surface area contributed by atoms with Crippen LogP contribution in [0.2, 0.25) is 0 Å². The molecule has 0 spiro atoms. The summed E-state index contributed by atoms with van der Waals surface area (Å²) in [7, 11) is -3.70. The minimum Gasteiger partial charge on any atom is -0.339 e. The number of pyridine rings is 1. The first kappa shape index (κ1) is 24.2. The van der Waals surface area contributed by atoms with Gasteiger partial charge in [-0.15, -0.1) is 0 Å². The van der Waals surface area contributed by atoms with Gasteiger partial charge in [-0.25, -0.2) is 8.42 Å². The maximum absolute atomic E-state index is 12.9. The fourth-order valence-electron chi connectivity index (χ4n) is 4.04. The molecule has 1 fully saturated rings. The fraction of sp³-hybridized carbons (Fsp3) is 0.478. The van der Waals surface area contributed by atoms with Crippen molar-refractivity contribution in [1.82, 2.24) is 18.7 Å². The standard InChI is InChI=1S/C23H32N4O4S/c1-4-27(5-2)32(30,31)21-11-12-22(28)26(17-21)18-23(29)25-15-13-24(14-16-25)19(3)20-9-7-6-8-10-20/h6-12,17,19H,4-5,13-16,18H2,1-3H3. The second kappa shape index (κ2) is 10.4. The van der Waals surface area contributed by atoms with Crippen LogP contribution in [0.25, 0.3) is 0 Å². The van der Waals surface area contributed by atoms with E-state index >= 15 is 0 Å². The number of benzene rings is 1. The van der Waals surface area contributed by atoms with Crippen molar-refractivity contribution >= 4 is 15.9 Å². The van der Waals surface area contributed by atoms with Crippen molar-refractivity contribution in [1.29, 1.82) is 0 Å². The summed E-state index contributed by atoms with van der Waals surface area (Å²) in [6, 6.07) is 13.0. The molecule has 1 amide bonds. The van der Waals surface area contributed by atoms with Crippen LogP contribution in [0.3, 0.4) is 0 Å². The first-order chi connectivity index (χ1) is 15.3. The second-order valence-electron chi connectivity index (χ2n) is 7.92. The van der Waals surface area contributed by atoms with E-state index in [0.717, 1.165) is 13.1 Å². The van der Waals surface area contributed by atoms with Gasteiger partial charge in [-0.05, 0) is 18.6 Å². The van der Waals surface area contributed by atoms with Crippen molar-refractivity contribution in [3.8, 4) is 0 Å². The van der Waals surface area contributed by atoms with E-state index in [2.05, 4.69) is 24.0 Å². The second-order valence-corrected chi connectivity index (χ2v) is 9.86. The zero-order valence-corrected chi connectivity index (χ0v) is 19.8. The molecule has 8 nitrogen and oxygen atoms in total. The van der Waals surface area contributed by atoms with Gasteiger partial charge in [0.05, 0.1) is 4.90 Å². The Morgan fingerprint density at radius 3 is 2.22 bits per heavy atom. The van der Waals surface area contributed by atoms with Gasteiger partial charge in [0.2, 0.25) is 15.9 Å². The molecule has 3 rings (SSSR count). The van der Waals surface area contributed by atoms with E-state index in [1.165, 1.54) is 32.8 Å². The van der Waals surface area contributed by atoms with Crippen LogP contribution in [-0.4, -0.2) is 72.3 Å². The van der Waals surface area contributed by atoms with Gasteiger partial charge < -0.3 is 9.47 Å². The van der Waals surface area contributed by atoms with Gasteiger partial charge >= 0.3 is 0 Å². The minimum atomic E-state index is -3.70. The molecule has 32 heavy (non-hydrogen) atoms. The first-order valence-corrected chi connectivity index (χ1v) is 12.5. The van der Waals surface area contributed by atoms with Crippen molar-refractivity contribution in [3.63, 3.8) is 0 Å². The summed E-state index contributed by atoms with van der Waals surface area (Å²) in [5.74, 6) is -0.184. The third-order valence-corrected chi connectivity index (χ3v) is 8.14. The number of piperazine rings is 1. The quantitative estimate of drug-likeness (QED) is 0.600. The molecule has 1 unspecified atom stereocenters. The normalized spacial score (nSPS) is 16.3. The molecule has 9 heteroatoms. The van der Waals surface area contributed by atoms with Gasteiger partial charge in [0.1, 0.15) is 6.54 Å². The van der Waals surface area contributed by atoms with Crippen LogP contribution < -0.4 is 5.56 Å². The molecule has 2 heterocycles. The highest BCUT2D eigenvalue weighted by Crippen LogP contribution is 2.21. The highest BCUT2D eigenvalue weighted by atomic mass is 32.2. The van der Waals surface area contributed by atoms with E-state index in [9.17, 15) is 18.0 Å². The van der Waals surface area contributed by atoms with E-state index in [1.807, 2.05) is 18.2 Å². The number of hydrogen-bond donors (Lipinski definition) is 0. The molecule has 0 radical (unpaired) electrons. The highest BCUT2D eigenvalue weighted by Gasteiger charge is 2.26. The van der Waals surface area contributed by atoms with E-state index in [-0.39, 0.29) is 23.4 Å². The lowest BCUT2D eigenvalue weighted by Crippen LogP contribution is -2.50. The maximum atomic E-state index is 12.9. The average Bonchev–Trinajstić information content (AvgIpc) is 2.81. The van der Waals surface area contributed by atoms with Crippen LogP contribution in [0.15, 0.2) is 58.4 Å². The lowest BCUT2D eigenvalue weighted by atomic mass is 10.1. The summed E-state index contributed by atoms with van der Waals surface area (Å²) < 4.78 is 28.1. The van der Waals surface area contributed by atoms with Crippen LogP contribution in [0.1, 0.15) is 32.4 Å². The Morgan fingerprint density at radius 1 is 1.00 bits per heavy atom. The molecule has 1 aliphatic rings. The van der Waals surface area contributed by atoms with Gasteiger partial charge in [-0.1, -0.05) is 44.2 Å². The summed E-state index contributed by atoms with van der Waals surface area (Å²) >= 11 is 0. The lowest BCUT2D eigenvalue weighted by Gasteiger charge is -2.38. The van der Waals surface area contributed by atoms with E-state index in [4.69, 9.17) is 0 Å². The third kappa shape index (κ3) is 5.28. The number of carbonyl (C=O) groups excluding carboxylic acids is 1. The fourth-order valence-corrected chi connectivity index (χ4v) is 5.52. The van der Waals surface area contributed by atoms with Crippen LogP contribution in [0, 0.1) is 0 Å². The molecule has 0 N–H and O–H groups in total. The van der Waals surface area contributed by atoms with Crippen molar-refractivity contribution in [2.24, 2.45) is 0 Å². The van der Waals surface area contributed by atoms with E-state index < -0.39 is 15.6 Å². The summed E-state index contributed by atoms with van der Waals surface area (Å²) in [6.07, 6.45) is 1.28. The molecular weight excluding hydrogens is 428 g/mol. The summed E-state index contributed by atoms with van der Waals surface area (Å²) in [5.41, 5.74) is 0.846. The van der Waals surface area contributed by atoms with Gasteiger partial charge in [-0.3, -0.25) is 14.5 Å². The number of nitrogens with zero attached hydrogens (tertiary/aromatic N) is 4. The molecule has 0 aliphatic carbocycles. The van der Waals surface area contributed by atoms with Crippen molar-refractivity contribution in [2.45, 2.75) is 38.3 Å². The van der Waals surface area contributed by atoms with Crippen LogP contribution >= 0.6 is 0 Å². The molecular formula is C23H32N4O4S. The van der Waals surface area contributed by atoms with Crippen LogP contribution in [0.4, 0.5) is 0 Å². The Hall–Kier alpha value is -2.49. The highest BCUT2D eigenvalue weighted by molar-refractivity contribution is 7.89. The molecule has 1 aliphatic heterocycles. The zero-order chi connectivity index (χ0) is 23.3. The first-order valence-electron chi connectivity index (χ1n) is 11.0. The molecule has 2 aromatic rings. The van der Waals surface area contributed by atoms with Crippen molar-refractivity contribution in [2.75, 3.05) is 39.3 Å². The average molecular weight is 461 g/mol. The predicted octanol–water partition coefficient (Wildman–Crippen LogP) is 1.78. The summed E-state index contributed by atoms with van der Waals surface area (Å²) in [4.78, 5) is 29.3. The smallest absolute Gasteiger partial charge is 0.251 e. The third-order valence-electron chi connectivity index (χ3n) is 6.10. The summed E-state index contributed by atoms with van der Waals surface area (Å²) in [5, 5.41) is 0. The monoisotopic (exact) mass is 460 g/mol. The Morgan fingerprint density at radius 2 is 1.62 bits per heavy atom. The predicted molar refractivity (Wildman–Crippen MR) is 124 cm³/mol. The number of aromatic nitrogens is 1. The lowest BCUT2D eigenvalue weighted by molar-refractivity contribution is -0.134. The molecule has 174 valence electrons. The van der Waals surface area contributed by atoms with Gasteiger partial charge in [0.25, 0.3) is 5.56 Å². The number of hydrogen-bond acceptors (Lipinski definition) is 5. The SMILES string of the molecule is CCN(CC)S(=O)(=O)c1ccc(=O)n(CC(=O)N2CCN(C(C)c3ccccc3)CC2)c1. The summed E-state index contributed by atoms with van der Waals surface area (Å²) in [6.45, 7) is 8.82. The Balaban J connectivity index is 1.66. The number of amides is 1. The van der Waals surface area contributed by atoms with Gasteiger partial charge in [-0.2, -0.15) is 4.31 Å². The van der Waals surface area contributed by atoms with Crippen molar-refractivity contribution in [3.05, 3.63) is 64.6 Å². The Kier molecular flexibility index (Phi) is 7.86. The van der Waals surface area contributed by atoms with E-state index in [0.29, 0.717) is 26.2 Å². The maximum Gasteiger partial charge on any atom is 0.251 e. The Labute approximate surface area is 190 Å². The minimum absolute atomic E-state index is 0.0232. The Bertz CT molecular complexity index is 1070. The zero-order valence-electron chi connectivity index (χ0n) is 19.0.